The smallest absolute Gasteiger partial charge is 0.336 e. The van der Waals surface area contributed by atoms with E-state index >= 15 is 0 Å². The summed E-state index contributed by atoms with van der Waals surface area (Å²) in [5.74, 6) is -0.214. The van der Waals surface area contributed by atoms with E-state index in [-0.39, 0.29) is 11.4 Å². The Morgan fingerprint density at radius 1 is 1.00 bits per heavy atom. The molecule has 0 aliphatic carbocycles. The maximum atomic E-state index is 13.1. The first-order valence-electron chi connectivity index (χ1n) is 8.54. The number of hydrogen-bond donors (Lipinski definition) is 0. The van der Waals surface area contributed by atoms with Crippen LogP contribution in [0.4, 0.5) is 10.1 Å². The van der Waals surface area contributed by atoms with Gasteiger partial charge in [-0.25, -0.2) is 9.18 Å². The molecule has 0 saturated carbocycles. The SMILES string of the molecule is O=c1cc(CN2CCN(c3ccc(F)cc3)CC2)c2ccc(Br)cc2o1. The van der Waals surface area contributed by atoms with Gasteiger partial charge in [0.2, 0.25) is 0 Å². The molecule has 0 N–H and O–H groups in total. The first kappa shape index (κ1) is 17.2. The van der Waals surface area contributed by atoms with Crippen molar-refractivity contribution in [1.82, 2.24) is 4.90 Å². The Kier molecular flexibility index (Phi) is 4.78. The summed E-state index contributed by atoms with van der Waals surface area (Å²) in [5, 5.41) is 0.966. The van der Waals surface area contributed by atoms with Gasteiger partial charge in [-0.3, -0.25) is 4.90 Å². The molecule has 0 unspecified atom stereocenters. The van der Waals surface area contributed by atoms with Gasteiger partial charge in [0.25, 0.3) is 0 Å². The van der Waals surface area contributed by atoms with Crippen LogP contribution < -0.4 is 10.5 Å². The van der Waals surface area contributed by atoms with Gasteiger partial charge in [0.15, 0.2) is 0 Å². The van der Waals surface area contributed by atoms with Gasteiger partial charge in [0, 0.05) is 54.3 Å². The van der Waals surface area contributed by atoms with Gasteiger partial charge in [-0.1, -0.05) is 15.9 Å². The minimum Gasteiger partial charge on any atom is -0.423 e. The molecule has 1 aliphatic rings. The first-order chi connectivity index (χ1) is 12.6. The van der Waals surface area contributed by atoms with Crippen LogP contribution in [0.5, 0.6) is 0 Å². The average molecular weight is 417 g/mol. The Labute approximate surface area is 159 Å². The van der Waals surface area contributed by atoms with Crippen LogP contribution in [0.3, 0.4) is 0 Å². The van der Waals surface area contributed by atoms with E-state index in [1.165, 1.54) is 12.1 Å². The summed E-state index contributed by atoms with van der Waals surface area (Å²) in [7, 11) is 0. The monoisotopic (exact) mass is 416 g/mol. The summed E-state index contributed by atoms with van der Waals surface area (Å²) >= 11 is 3.41. The number of rotatable bonds is 3. The quantitative estimate of drug-likeness (QED) is 0.604. The second-order valence-electron chi connectivity index (χ2n) is 6.47. The third-order valence-electron chi connectivity index (χ3n) is 4.75. The van der Waals surface area contributed by atoms with Crippen LogP contribution in [-0.2, 0) is 6.54 Å². The van der Waals surface area contributed by atoms with Crippen molar-refractivity contribution < 1.29 is 8.81 Å². The molecule has 1 saturated heterocycles. The largest absolute Gasteiger partial charge is 0.423 e. The Morgan fingerprint density at radius 3 is 2.46 bits per heavy atom. The van der Waals surface area contributed by atoms with Crippen molar-refractivity contribution in [2.75, 3.05) is 31.1 Å². The predicted octanol–water partition coefficient (Wildman–Crippen LogP) is 4.02. The predicted molar refractivity (Wildman–Crippen MR) is 104 cm³/mol. The Hall–Kier alpha value is -2.18. The Balaban J connectivity index is 1.48. The average Bonchev–Trinajstić information content (AvgIpc) is 2.62. The lowest BCUT2D eigenvalue weighted by atomic mass is 10.1. The second kappa shape index (κ2) is 7.21. The molecular weight excluding hydrogens is 399 g/mol. The van der Waals surface area contributed by atoms with Crippen LogP contribution in [0.2, 0.25) is 0 Å². The van der Waals surface area contributed by atoms with Gasteiger partial charge in [-0.15, -0.1) is 0 Å². The third kappa shape index (κ3) is 3.66. The first-order valence-corrected chi connectivity index (χ1v) is 9.33. The minimum atomic E-state index is -0.324. The summed E-state index contributed by atoms with van der Waals surface area (Å²) in [6, 6.07) is 14.0. The van der Waals surface area contributed by atoms with Crippen molar-refractivity contribution in [1.29, 1.82) is 0 Å². The molecule has 2 aromatic carbocycles. The van der Waals surface area contributed by atoms with Gasteiger partial charge in [0.05, 0.1) is 0 Å². The molecule has 4 nitrogen and oxygen atoms in total. The number of benzene rings is 2. The summed E-state index contributed by atoms with van der Waals surface area (Å²) in [6.07, 6.45) is 0. The highest BCUT2D eigenvalue weighted by Gasteiger charge is 2.18. The molecule has 26 heavy (non-hydrogen) atoms. The highest BCUT2D eigenvalue weighted by atomic mass is 79.9. The van der Waals surface area contributed by atoms with Crippen molar-refractivity contribution in [2.45, 2.75) is 6.54 Å². The molecule has 134 valence electrons. The van der Waals surface area contributed by atoms with Crippen molar-refractivity contribution in [3.05, 3.63) is 74.8 Å². The Bertz CT molecular complexity index is 979. The van der Waals surface area contributed by atoms with Crippen molar-refractivity contribution in [2.24, 2.45) is 0 Å². The van der Waals surface area contributed by atoms with Crippen molar-refractivity contribution in [3.8, 4) is 0 Å². The third-order valence-corrected chi connectivity index (χ3v) is 5.24. The van der Waals surface area contributed by atoms with Gasteiger partial charge in [0.1, 0.15) is 11.4 Å². The fraction of sp³-hybridized carbons (Fsp3) is 0.250. The van der Waals surface area contributed by atoms with Crippen molar-refractivity contribution in [3.63, 3.8) is 0 Å². The summed E-state index contributed by atoms with van der Waals surface area (Å²) < 4.78 is 19.3. The molecule has 1 aromatic heterocycles. The summed E-state index contributed by atoms with van der Waals surface area (Å²) in [6.45, 7) is 4.22. The highest BCUT2D eigenvalue weighted by Crippen LogP contribution is 2.23. The van der Waals surface area contributed by atoms with Crippen LogP contribution in [-0.4, -0.2) is 31.1 Å². The number of hydrogen-bond acceptors (Lipinski definition) is 4. The molecule has 0 radical (unpaired) electrons. The van der Waals surface area contributed by atoms with E-state index in [1.807, 2.05) is 30.3 Å². The standard InChI is InChI=1S/C20H18BrFN2O2/c21-15-1-6-18-14(11-20(25)26-19(18)12-15)13-23-7-9-24(10-8-23)17-4-2-16(22)3-5-17/h1-6,11-12H,7-10,13H2. The minimum absolute atomic E-state index is 0.214. The van der Waals surface area contributed by atoms with Gasteiger partial charge in [-0.2, -0.15) is 0 Å². The van der Waals surface area contributed by atoms with E-state index in [1.54, 1.807) is 6.07 Å². The molecule has 6 heteroatoms. The fourth-order valence-corrected chi connectivity index (χ4v) is 3.73. The zero-order valence-corrected chi connectivity index (χ0v) is 15.7. The molecule has 0 atom stereocenters. The second-order valence-corrected chi connectivity index (χ2v) is 7.39. The number of halogens is 2. The van der Waals surface area contributed by atoms with Gasteiger partial charge < -0.3 is 9.32 Å². The lowest BCUT2D eigenvalue weighted by Crippen LogP contribution is -2.46. The van der Waals surface area contributed by atoms with Crippen LogP contribution in [0, 0.1) is 5.82 Å². The molecule has 1 fully saturated rings. The van der Waals surface area contributed by atoms with E-state index in [4.69, 9.17) is 4.42 Å². The topological polar surface area (TPSA) is 36.7 Å². The lowest BCUT2D eigenvalue weighted by molar-refractivity contribution is 0.250. The molecule has 3 aromatic rings. The van der Waals surface area contributed by atoms with E-state index in [2.05, 4.69) is 25.7 Å². The molecular formula is C20H18BrFN2O2. The number of piperazine rings is 1. The summed E-state index contributed by atoms with van der Waals surface area (Å²) in [4.78, 5) is 16.5. The van der Waals surface area contributed by atoms with E-state index in [0.717, 1.165) is 47.3 Å². The zero-order valence-electron chi connectivity index (χ0n) is 14.1. The van der Waals surface area contributed by atoms with Crippen molar-refractivity contribution >= 4 is 32.6 Å². The molecule has 0 amide bonds. The van der Waals surface area contributed by atoms with Crippen LogP contribution in [0.1, 0.15) is 5.56 Å². The van der Waals surface area contributed by atoms with Crippen LogP contribution >= 0.6 is 15.9 Å². The van der Waals surface area contributed by atoms with Crippen LogP contribution in [0.25, 0.3) is 11.0 Å². The molecule has 4 rings (SSSR count). The molecule has 1 aliphatic heterocycles. The maximum absolute atomic E-state index is 13.1. The fourth-order valence-electron chi connectivity index (χ4n) is 3.39. The molecule has 2 heterocycles. The lowest BCUT2D eigenvalue weighted by Gasteiger charge is -2.36. The zero-order chi connectivity index (χ0) is 18.1. The number of fused-ring (bicyclic) bond motifs is 1. The normalized spacial score (nSPS) is 15.5. The van der Waals surface area contributed by atoms with E-state index in [0.29, 0.717) is 12.1 Å². The molecule has 0 bridgehead atoms. The number of nitrogens with zero attached hydrogens (tertiary/aromatic N) is 2. The van der Waals surface area contributed by atoms with Gasteiger partial charge >= 0.3 is 5.63 Å². The van der Waals surface area contributed by atoms with E-state index in [9.17, 15) is 9.18 Å². The summed E-state index contributed by atoms with van der Waals surface area (Å²) in [5.41, 5.74) is 2.31. The maximum Gasteiger partial charge on any atom is 0.336 e. The van der Waals surface area contributed by atoms with Crippen LogP contribution in [0.15, 0.2) is 62.2 Å². The number of anilines is 1. The van der Waals surface area contributed by atoms with Gasteiger partial charge in [-0.05, 0) is 48.0 Å². The molecule has 0 spiro atoms. The highest BCUT2D eigenvalue weighted by molar-refractivity contribution is 9.10. The van der Waals surface area contributed by atoms with E-state index < -0.39 is 0 Å². The Morgan fingerprint density at radius 2 is 1.73 bits per heavy atom.